The van der Waals surface area contributed by atoms with Gasteiger partial charge in [-0.3, -0.25) is 0 Å². The lowest BCUT2D eigenvalue weighted by molar-refractivity contribution is 0.351. The van der Waals surface area contributed by atoms with E-state index in [1.54, 1.807) is 0 Å². The van der Waals surface area contributed by atoms with Crippen molar-refractivity contribution in [3.63, 3.8) is 0 Å². The first-order chi connectivity index (χ1) is 8.76. The van der Waals surface area contributed by atoms with E-state index in [1.165, 1.54) is 36.9 Å². The molecule has 1 aliphatic carbocycles. The van der Waals surface area contributed by atoms with E-state index in [2.05, 4.69) is 55.5 Å². The molecule has 1 saturated carbocycles. The SMILES string of the molecule is CCc1ccccc1N(C)C1CCC(NC)CC1. The fourth-order valence-electron chi connectivity index (χ4n) is 3.10. The molecule has 2 nitrogen and oxygen atoms in total. The zero-order valence-electron chi connectivity index (χ0n) is 11.9. The van der Waals surface area contributed by atoms with Crippen molar-refractivity contribution in [1.82, 2.24) is 5.32 Å². The molecule has 0 bridgehead atoms. The second-order valence-electron chi connectivity index (χ2n) is 5.39. The van der Waals surface area contributed by atoms with Crippen LogP contribution in [0.2, 0.25) is 0 Å². The summed E-state index contributed by atoms with van der Waals surface area (Å²) in [5.41, 5.74) is 2.89. The molecule has 0 spiro atoms. The summed E-state index contributed by atoms with van der Waals surface area (Å²) >= 11 is 0. The number of rotatable bonds is 4. The van der Waals surface area contributed by atoms with Gasteiger partial charge in [-0.2, -0.15) is 0 Å². The lowest BCUT2D eigenvalue weighted by Crippen LogP contribution is -2.40. The molecule has 0 aromatic heterocycles. The summed E-state index contributed by atoms with van der Waals surface area (Å²) in [6.45, 7) is 2.24. The summed E-state index contributed by atoms with van der Waals surface area (Å²) in [5.74, 6) is 0. The van der Waals surface area contributed by atoms with Gasteiger partial charge in [0.25, 0.3) is 0 Å². The summed E-state index contributed by atoms with van der Waals surface area (Å²) in [5, 5.41) is 3.41. The number of nitrogens with zero attached hydrogens (tertiary/aromatic N) is 1. The number of hydrogen-bond acceptors (Lipinski definition) is 2. The van der Waals surface area contributed by atoms with E-state index in [9.17, 15) is 0 Å². The zero-order valence-corrected chi connectivity index (χ0v) is 11.9. The van der Waals surface area contributed by atoms with Gasteiger partial charge in [0.05, 0.1) is 0 Å². The van der Waals surface area contributed by atoms with Gasteiger partial charge in [-0.25, -0.2) is 0 Å². The summed E-state index contributed by atoms with van der Waals surface area (Å²) in [6.07, 6.45) is 6.34. The molecule has 100 valence electrons. The van der Waals surface area contributed by atoms with Crippen molar-refractivity contribution in [1.29, 1.82) is 0 Å². The fourth-order valence-corrected chi connectivity index (χ4v) is 3.10. The van der Waals surface area contributed by atoms with Gasteiger partial charge in [0.2, 0.25) is 0 Å². The molecular weight excluding hydrogens is 220 g/mol. The minimum Gasteiger partial charge on any atom is -0.371 e. The Bertz CT molecular complexity index is 367. The van der Waals surface area contributed by atoms with Crippen LogP contribution in [0.15, 0.2) is 24.3 Å². The highest BCUT2D eigenvalue weighted by atomic mass is 15.1. The standard InChI is InChI=1S/C16H26N2/c1-4-13-7-5-6-8-16(13)18(3)15-11-9-14(17-2)10-12-15/h5-8,14-15,17H,4,9-12H2,1-3H3. The van der Waals surface area contributed by atoms with Crippen LogP contribution in [-0.4, -0.2) is 26.2 Å². The monoisotopic (exact) mass is 246 g/mol. The van der Waals surface area contributed by atoms with Crippen LogP contribution in [0, 0.1) is 0 Å². The van der Waals surface area contributed by atoms with E-state index in [1.807, 2.05) is 0 Å². The molecule has 1 aromatic rings. The van der Waals surface area contributed by atoms with Crippen molar-refractivity contribution in [2.24, 2.45) is 0 Å². The average molecular weight is 246 g/mol. The van der Waals surface area contributed by atoms with Crippen molar-refractivity contribution >= 4 is 5.69 Å². The first kappa shape index (κ1) is 13.4. The number of benzene rings is 1. The van der Waals surface area contributed by atoms with Gasteiger partial charge in [-0.05, 0) is 50.8 Å². The Hall–Kier alpha value is -1.02. The van der Waals surface area contributed by atoms with Crippen LogP contribution in [0.3, 0.4) is 0 Å². The van der Waals surface area contributed by atoms with E-state index in [0.29, 0.717) is 6.04 Å². The summed E-state index contributed by atoms with van der Waals surface area (Å²) in [4.78, 5) is 2.50. The molecule has 1 fully saturated rings. The summed E-state index contributed by atoms with van der Waals surface area (Å²) < 4.78 is 0. The molecule has 1 N–H and O–H groups in total. The number of hydrogen-bond donors (Lipinski definition) is 1. The molecule has 0 unspecified atom stereocenters. The molecular formula is C16H26N2. The highest BCUT2D eigenvalue weighted by Crippen LogP contribution is 2.28. The largest absolute Gasteiger partial charge is 0.371 e. The Morgan fingerprint density at radius 1 is 1.17 bits per heavy atom. The maximum Gasteiger partial charge on any atom is 0.0398 e. The van der Waals surface area contributed by atoms with E-state index in [-0.39, 0.29) is 0 Å². The molecule has 2 rings (SSSR count). The van der Waals surface area contributed by atoms with Crippen LogP contribution in [0.1, 0.15) is 38.2 Å². The smallest absolute Gasteiger partial charge is 0.0398 e. The number of aryl methyl sites for hydroxylation is 1. The third-order valence-electron chi connectivity index (χ3n) is 4.41. The molecule has 0 aliphatic heterocycles. The number of anilines is 1. The maximum atomic E-state index is 3.41. The Kier molecular flexibility index (Phi) is 4.65. The molecule has 2 heteroatoms. The van der Waals surface area contributed by atoms with Crippen LogP contribution in [0.25, 0.3) is 0 Å². The van der Waals surface area contributed by atoms with Crippen LogP contribution in [0.4, 0.5) is 5.69 Å². The Labute approximate surface area is 111 Å². The first-order valence-electron chi connectivity index (χ1n) is 7.24. The molecule has 1 aromatic carbocycles. The van der Waals surface area contributed by atoms with Gasteiger partial charge in [-0.1, -0.05) is 25.1 Å². The third-order valence-corrected chi connectivity index (χ3v) is 4.41. The maximum absolute atomic E-state index is 3.41. The minimum absolute atomic E-state index is 0.710. The average Bonchev–Trinajstić information content (AvgIpc) is 2.46. The van der Waals surface area contributed by atoms with Gasteiger partial charge in [0.15, 0.2) is 0 Å². The minimum atomic E-state index is 0.710. The molecule has 0 atom stereocenters. The van der Waals surface area contributed by atoms with E-state index < -0.39 is 0 Å². The summed E-state index contributed by atoms with van der Waals surface area (Å²) in [6, 6.07) is 10.3. The number of nitrogens with one attached hydrogen (secondary N) is 1. The molecule has 1 aliphatic rings. The van der Waals surface area contributed by atoms with Crippen molar-refractivity contribution in [2.45, 2.75) is 51.1 Å². The van der Waals surface area contributed by atoms with Crippen molar-refractivity contribution in [3.8, 4) is 0 Å². The predicted octanol–water partition coefficient (Wildman–Crippen LogP) is 3.22. The Balaban J connectivity index is 2.05. The molecule has 0 heterocycles. The molecule has 18 heavy (non-hydrogen) atoms. The third kappa shape index (κ3) is 2.86. The zero-order chi connectivity index (χ0) is 13.0. The van der Waals surface area contributed by atoms with Gasteiger partial charge in [-0.15, -0.1) is 0 Å². The molecule has 0 amide bonds. The van der Waals surface area contributed by atoms with Gasteiger partial charge in [0, 0.05) is 24.8 Å². The molecule has 0 saturated heterocycles. The lowest BCUT2D eigenvalue weighted by atomic mass is 9.90. The van der Waals surface area contributed by atoms with Crippen LogP contribution >= 0.6 is 0 Å². The second-order valence-corrected chi connectivity index (χ2v) is 5.39. The first-order valence-corrected chi connectivity index (χ1v) is 7.24. The fraction of sp³-hybridized carbons (Fsp3) is 0.625. The highest BCUT2D eigenvalue weighted by molar-refractivity contribution is 5.53. The van der Waals surface area contributed by atoms with Crippen LogP contribution in [0.5, 0.6) is 0 Å². The van der Waals surface area contributed by atoms with Crippen LogP contribution < -0.4 is 10.2 Å². The van der Waals surface area contributed by atoms with E-state index in [4.69, 9.17) is 0 Å². The Morgan fingerprint density at radius 3 is 2.44 bits per heavy atom. The Morgan fingerprint density at radius 2 is 1.83 bits per heavy atom. The normalized spacial score (nSPS) is 23.9. The number of para-hydroxylation sites is 1. The topological polar surface area (TPSA) is 15.3 Å². The van der Waals surface area contributed by atoms with Gasteiger partial charge in [0.1, 0.15) is 0 Å². The quantitative estimate of drug-likeness (QED) is 0.877. The van der Waals surface area contributed by atoms with Gasteiger partial charge >= 0.3 is 0 Å². The second kappa shape index (κ2) is 6.24. The van der Waals surface area contributed by atoms with Gasteiger partial charge < -0.3 is 10.2 Å². The van der Waals surface area contributed by atoms with E-state index >= 15 is 0 Å². The lowest BCUT2D eigenvalue weighted by Gasteiger charge is -2.36. The van der Waals surface area contributed by atoms with E-state index in [0.717, 1.165) is 12.5 Å². The van der Waals surface area contributed by atoms with Crippen molar-refractivity contribution in [3.05, 3.63) is 29.8 Å². The predicted molar refractivity (Wildman–Crippen MR) is 79.3 cm³/mol. The van der Waals surface area contributed by atoms with Crippen molar-refractivity contribution < 1.29 is 0 Å². The van der Waals surface area contributed by atoms with Crippen molar-refractivity contribution in [2.75, 3.05) is 19.0 Å². The molecule has 0 radical (unpaired) electrons. The highest BCUT2D eigenvalue weighted by Gasteiger charge is 2.23. The van der Waals surface area contributed by atoms with Crippen LogP contribution in [-0.2, 0) is 6.42 Å². The summed E-state index contributed by atoms with van der Waals surface area (Å²) in [7, 11) is 4.35.